The maximum absolute atomic E-state index is 8.89. The number of nitrogens with two attached hydrogens (primary N) is 1. The lowest BCUT2D eigenvalue weighted by Gasteiger charge is -2.11. The second-order valence-corrected chi connectivity index (χ2v) is 3.85. The van der Waals surface area contributed by atoms with Gasteiger partial charge in [0, 0.05) is 4.47 Å². The van der Waals surface area contributed by atoms with Gasteiger partial charge in [-0.15, -0.1) is 0 Å². The van der Waals surface area contributed by atoms with Gasteiger partial charge in [-0.05, 0) is 23.6 Å². The molecule has 0 aliphatic heterocycles. The number of halogens is 1. The zero-order valence-corrected chi connectivity index (χ0v) is 9.21. The first-order chi connectivity index (χ1) is 6.19. The van der Waals surface area contributed by atoms with E-state index in [1.165, 1.54) is 5.56 Å². The lowest BCUT2D eigenvalue weighted by atomic mass is 10.1. The van der Waals surface area contributed by atoms with Crippen LogP contribution in [-0.2, 0) is 6.42 Å². The summed E-state index contributed by atoms with van der Waals surface area (Å²) in [5.74, 6) is 0. The first-order valence-corrected chi connectivity index (χ1v) is 5.13. The number of benzene rings is 1. The van der Waals surface area contributed by atoms with Crippen LogP contribution in [0.25, 0.3) is 0 Å². The van der Waals surface area contributed by atoms with Crippen LogP contribution < -0.4 is 5.73 Å². The molecule has 0 aliphatic rings. The van der Waals surface area contributed by atoms with Crippen LogP contribution in [0, 0.1) is 0 Å². The smallest absolute Gasteiger partial charge is 0.0624 e. The summed E-state index contributed by atoms with van der Waals surface area (Å²) in [4.78, 5) is 0. The van der Waals surface area contributed by atoms with E-state index in [1.807, 2.05) is 18.2 Å². The highest BCUT2D eigenvalue weighted by Gasteiger charge is 2.08. The Labute approximate surface area is 86.9 Å². The average molecular weight is 244 g/mol. The summed E-state index contributed by atoms with van der Waals surface area (Å²) < 4.78 is 0.980. The van der Waals surface area contributed by atoms with Crippen molar-refractivity contribution >= 4 is 15.9 Å². The minimum Gasteiger partial charge on any atom is -0.394 e. The summed E-state index contributed by atoms with van der Waals surface area (Å²) in [5, 5.41) is 8.89. The van der Waals surface area contributed by atoms with Crippen molar-refractivity contribution in [2.24, 2.45) is 5.73 Å². The lowest BCUT2D eigenvalue weighted by Crippen LogP contribution is -2.15. The Hall–Kier alpha value is -0.380. The van der Waals surface area contributed by atoms with Crippen LogP contribution in [0.15, 0.2) is 22.7 Å². The van der Waals surface area contributed by atoms with Crippen LogP contribution in [0.4, 0.5) is 0 Å². The number of hydrogen-bond acceptors (Lipinski definition) is 2. The number of aliphatic hydroxyl groups is 1. The van der Waals surface area contributed by atoms with Crippen molar-refractivity contribution in [3.05, 3.63) is 33.8 Å². The molecule has 13 heavy (non-hydrogen) atoms. The molecule has 0 radical (unpaired) electrons. The Morgan fingerprint density at radius 1 is 1.54 bits per heavy atom. The van der Waals surface area contributed by atoms with E-state index in [1.54, 1.807) is 0 Å². The molecule has 1 aromatic carbocycles. The second kappa shape index (κ2) is 4.74. The van der Waals surface area contributed by atoms with Crippen molar-refractivity contribution in [1.29, 1.82) is 0 Å². The van der Waals surface area contributed by atoms with Crippen LogP contribution in [0.1, 0.15) is 24.1 Å². The average Bonchev–Trinajstić information content (AvgIpc) is 2.16. The Morgan fingerprint density at radius 3 is 2.69 bits per heavy atom. The van der Waals surface area contributed by atoms with Crippen molar-refractivity contribution in [1.82, 2.24) is 0 Å². The van der Waals surface area contributed by atoms with Crippen LogP contribution in [0.5, 0.6) is 0 Å². The molecule has 0 saturated carbocycles. The maximum Gasteiger partial charge on any atom is 0.0624 e. The summed E-state index contributed by atoms with van der Waals surface area (Å²) in [7, 11) is 0. The van der Waals surface area contributed by atoms with Gasteiger partial charge in [0.1, 0.15) is 0 Å². The molecular formula is C10H14BrNO. The first kappa shape index (κ1) is 10.7. The van der Waals surface area contributed by atoms with Gasteiger partial charge in [-0.3, -0.25) is 0 Å². The zero-order chi connectivity index (χ0) is 9.84. The van der Waals surface area contributed by atoms with Crippen LogP contribution in [0.3, 0.4) is 0 Å². The molecule has 1 atom stereocenters. The first-order valence-electron chi connectivity index (χ1n) is 4.33. The standard InChI is InChI=1S/C10H14BrNO/c1-2-7-3-4-8(9(11)5-7)10(12)6-13/h3-5,10,13H,2,6,12H2,1H3/t10-/m0/s1. The monoisotopic (exact) mass is 243 g/mol. The summed E-state index contributed by atoms with van der Waals surface area (Å²) in [6.45, 7) is 2.08. The molecule has 3 N–H and O–H groups in total. The third-order valence-electron chi connectivity index (χ3n) is 2.07. The fourth-order valence-corrected chi connectivity index (χ4v) is 1.91. The van der Waals surface area contributed by atoms with E-state index in [0.29, 0.717) is 0 Å². The van der Waals surface area contributed by atoms with Crippen LogP contribution >= 0.6 is 15.9 Å². The predicted octanol–water partition coefficient (Wildman–Crippen LogP) is 2.00. The topological polar surface area (TPSA) is 46.2 Å². The highest BCUT2D eigenvalue weighted by atomic mass is 79.9. The fraction of sp³-hybridized carbons (Fsp3) is 0.400. The van der Waals surface area contributed by atoms with E-state index in [2.05, 4.69) is 22.9 Å². The third kappa shape index (κ3) is 2.53. The van der Waals surface area contributed by atoms with E-state index in [0.717, 1.165) is 16.5 Å². The fourth-order valence-electron chi connectivity index (χ4n) is 1.19. The molecule has 0 aliphatic carbocycles. The van der Waals surface area contributed by atoms with Crippen molar-refractivity contribution < 1.29 is 5.11 Å². The van der Waals surface area contributed by atoms with Gasteiger partial charge in [0.15, 0.2) is 0 Å². The van der Waals surface area contributed by atoms with Gasteiger partial charge in [0.25, 0.3) is 0 Å². The minimum atomic E-state index is -0.291. The van der Waals surface area contributed by atoms with Gasteiger partial charge >= 0.3 is 0 Å². The van der Waals surface area contributed by atoms with Gasteiger partial charge in [0.2, 0.25) is 0 Å². The molecule has 0 unspecified atom stereocenters. The molecule has 0 amide bonds. The Morgan fingerprint density at radius 2 is 2.23 bits per heavy atom. The van der Waals surface area contributed by atoms with Gasteiger partial charge < -0.3 is 10.8 Å². The third-order valence-corrected chi connectivity index (χ3v) is 2.76. The molecule has 0 heterocycles. The van der Waals surface area contributed by atoms with Crippen molar-refractivity contribution in [2.45, 2.75) is 19.4 Å². The lowest BCUT2D eigenvalue weighted by molar-refractivity contribution is 0.267. The molecule has 0 bridgehead atoms. The van der Waals surface area contributed by atoms with Gasteiger partial charge in [-0.25, -0.2) is 0 Å². The quantitative estimate of drug-likeness (QED) is 0.854. The molecular weight excluding hydrogens is 230 g/mol. The molecule has 2 nitrogen and oxygen atoms in total. The summed E-state index contributed by atoms with van der Waals surface area (Å²) in [6.07, 6.45) is 1.01. The van der Waals surface area contributed by atoms with Gasteiger partial charge in [0.05, 0.1) is 12.6 Å². The Balaban J connectivity index is 2.98. The van der Waals surface area contributed by atoms with Crippen LogP contribution in [-0.4, -0.2) is 11.7 Å². The molecule has 3 heteroatoms. The van der Waals surface area contributed by atoms with Crippen LogP contribution in [0.2, 0.25) is 0 Å². The van der Waals surface area contributed by atoms with E-state index in [4.69, 9.17) is 10.8 Å². The zero-order valence-electron chi connectivity index (χ0n) is 7.63. The molecule has 0 saturated heterocycles. The number of hydrogen-bond donors (Lipinski definition) is 2. The molecule has 1 aromatic rings. The summed E-state index contributed by atoms with van der Waals surface area (Å²) in [6, 6.07) is 5.75. The number of aryl methyl sites for hydroxylation is 1. The number of rotatable bonds is 3. The highest BCUT2D eigenvalue weighted by Crippen LogP contribution is 2.23. The number of aliphatic hydroxyl groups excluding tert-OH is 1. The Kier molecular flexibility index (Phi) is 3.90. The molecule has 0 fully saturated rings. The van der Waals surface area contributed by atoms with E-state index >= 15 is 0 Å². The minimum absolute atomic E-state index is 0.0237. The highest BCUT2D eigenvalue weighted by molar-refractivity contribution is 9.10. The molecule has 1 rings (SSSR count). The van der Waals surface area contributed by atoms with E-state index < -0.39 is 0 Å². The SMILES string of the molecule is CCc1ccc([C@@H](N)CO)c(Br)c1. The maximum atomic E-state index is 8.89. The van der Waals surface area contributed by atoms with E-state index in [9.17, 15) is 0 Å². The van der Waals surface area contributed by atoms with E-state index in [-0.39, 0.29) is 12.6 Å². The normalized spacial score (nSPS) is 12.9. The summed E-state index contributed by atoms with van der Waals surface area (Å²) >= 11 is 3.44. The van der Waals surface area contributed by atoms with Crippen molar-refractivity contribution in [2.75, 3.05) is 6.61 Å². The Bertz CT molecular complexity index is 288. The molecule has 72 valence electrons. The predicted molar refractivity (Wildman–Crippen MR) is 57.5 cm³/mol. The summed E-state index contributed by atoms with van der Waals surface area (Å²) in [5.41, 5.74) is 7.93. The molecule has 0 spiro atoms. The second-order valence-electron chi connectivity index (χ2n) is 3.00. The molecule has 0 aromatic heterocycles. The van der Waals surface area contributed by atoms with Gasteiger partial charge in [-0.2, -0.15) is 0 Å². The van der Waals surface area contributed by atoms with Gasteiger partial charge in [-0.1, -0.05) is 35.0 Å². The van der Waals surface area contributed by atoms with Crippen molar-refractivity contribution in [3.8, 4) is 0 Å². The largest absolute Gasteiger partial charge is 0.394 e. The van der Waals surface area contributed by atoms with Crippen molar-refractivity contribution in [3.63, 3.8) is 0 Å².